The molecule has 6 heteroatoms. The summed E-state index contributed by atoms with van der Waals surface area (Å²) < 4.78 is 17.8. The molecule has 0 spiro atoms. The minimum atomic E-state index is -1.27. The fourth-order valence-corrected chi connectivity index (χ4v) is 4.72. The number of hydrogen-bond donors (Lipinski definition) is 0. The van der Waals surface area contributed by atoms with Crippen LogP contribution >= 0.6 is 0 Å². The van der Waals surface area contributed by atoms with Crippen LogP contribution in [0.15, 0.2) is 46.9 Å². The van der Waals surface area contributed by atoms with E-state index in [-0.39, 0.29) is 11.7 Å². The van der Waals surface area contributed by atoms with Gasteiger partial charge in [-0.3, -0.25) is 0 Å². The van der Waals surface area contributed by atoms with Gasteiger partial charge in [-0.15, -0.1) is 0 Å². The van der Waals surface area contributed by atoms with Crippen LogP contribution in [0.1, 0.15) is 41.3 Å². The molecule has 0 saturated carbocycles. The summed E-state index contributed by atoms with van der Waals surface area (Å²) >= 11 is 0. The zero-order chi connectivity index (χ0) is 23.1. The van der Waals surface area contributed by atoms with Crippen molar-refractivity contribution in [3.8, 4) is 17.2 Å². The molecule has 0 bridgehead atoms. The third-order valence-corrected chi connectivity index (χ3v) is 6.66. The molecule has 0 aliphatic carbocycles. The van der Waals surface area contributed by atoms with E-state index in [0.29, 0.717) is 34.0 Å². The van der Waals surface area contributed by atoms with Gasteiger partial charge in [0.15, 0.2) is 5.76 Å². The Morgan fingerprint density at radius 3 is 2.64 bits per heavy atom. The van der Waals surface area contributed by atoms with Crippen LogP contribution < -0.4 is 9.84 Å². The Hall–Kier alpha value is -3.38. The van der Waals surface area contributed by atoms with E-state index >= 15 is 0 Å². The van der Waals surface area contributed by atoms with Gasteiger partial charge in [-0.05, 0) is 63.3 Å². The van der Waals surface area contributed by atoms with Crippen molar-refractivity contribution >= 4 is 27.8 Å². The molecule has 0 amide bonds. The third-order valence-electron chi connectivity index (χ3n) is 6.66. The van der Waals surface area contributed by atoms with Crippen molar-refractivity contribution in [1.29, 1.82) is 0 Å². The molecule has 1 fully saturated rings. The number of fused-ring (bicyclic) bond motifs is 2. The van der Waals surface area contributed by atoms with Gasteiger partial charge < -0.3 is 23.8 Å². The summed E-state index contributed by atoms with van der Waals surface area (Å²) in [6, 6.07) is 13.0. The largest absolute Gasteiger partial charge is 0.545 e. The summed E-state index contributed by atoms with van der Waals surface area (Å²) in [5.41, 5.74) is 3.60. The highest BCUT2D eigenvalue weighted by molar-refractivity contribution is 6.06. The van der Waals surface area contributed by atoms with Gasteiger partial charge in [-0.1, -0.05) is 24.3 Å². The molecule has 170 valence electrons. The van der Waals surface area contributed by atoms with Gasteiger partial charge >= 0.3 is 0 Å². The van der Waals surface area contributed by atoms with Crippen LogP contribution in [0.3, 0.4) is 0 Å². The molecular weight excluding hydrogens is 418 g/mol. The summed E-state index contributed by atoms with van der Waals surface area (Å²) in [6.45, 7) is 7.33. The van der Waals surface area contributed by atoms with Crippen LogP contribution in [0.5, 0.6) is 5.75 Å². The summed E-state index contributed by atoms with van der Waals surface area (Å²) in [6.07, 6.45) is 1.77. The van der Waals surface area contributed by atoms with Gasteiger partial charge in [0.25, 0.3) is 0 Å². The van der Waals surface area contributed by atoms with E-state index in [1.807, 2.05) is 57.2 Å². The summed E-state index contributed by atoms with van der Waals surface area (Å²) in [5.74, 6) is 0.148. The maximum Gasteiger partial charge on any atom is 0.156 e. The number of hydrogen-bond acceptors (Lipinski definition) is 6. The van der Waals surface area contributed by atoms with E-state index in [1.54, 1.807) is 0 Å². The van der Waals surface area contributed by atoms with E-state index in [0.717, 1.165) is 48.2 Å². The van der Waals surface area contributed by atoms with E-state index in [1.165, 1.54) is 6.07 Å². The molecule has 0 N–H and O–H groups in total. The molecule has 2 aromatic carbocycles. The van der Waals surface area contributed by atoms with Crippen LogP contribution in [0.2, 0.25) is 0 Å². The van der Waals surface area contributed by atoms with E-state index in [9.17, 15) is 9.90 Å². The predicted octanol–water partition coefficient (Wildman–Crippen LogP) is 4.82. The second-order valence-corrected chi connectivity index (χ2v) is 8.77. The lowest BCUT2D eigenvalue weighted by Crippen LogP contribution is -2.29. The van der Waals surface area contributed by atoms with Crippen molar-refractivity contribution in [2.75, 3.05) is 13.2 Å². The highest BCUT2D eigenvalue weighted by Crippen LogP contribution is 2.38. The standard InChI is InChI=1S/C27H27NO5/c1-15-8-9-23(32-17(3)18-10-12-31-13-11-18)24-20(27(29)30)14-21(28-25(15)24)26-16(2)19-6-4-5-7-22(19)33-26/h4-9,14,17-18H,10-13H2,1-3H3,(H,29,30)/p-1/t17-/m1/s1. The van der Waals surface area contributed by atoms with Gasteiger partial charge in [0.2, 0.25) is 0 Å². The Labute approximate surface area is 192 Å². The van der Waals surface area contributed by atoms with Crippen LogP contribution in [-0.4, -0.2) is 30.3 Å². The Bertz CT molecular complexity index is 1350. The van der Waals surface area contributed by atoms with Crippen LogP contribution in [-0.2, 0) is 4.74 Å². The second-order valence-electron chi connectivity index (χ2n) is 8.77. The minimum absolute atomic E-state index is 0.0488. The summed E-state index contributed by atoms with van der Waals surface area (Å²) in [5, 5.41) is 13.7. The Balaban J connectivity index is 1.65. The van der Waals surface area contributed by atoms with Crippen LogP contribution in [0.25, 0.3) is 33.3 Å². The molecule has 3 heterocycles. The lowest BCUT2D eigenvalue weighted by molar-refractivity contribution is -0.254. The molecule has 0 unspecified atom stereocenters. The smallest absolute Gasteiger partial charge is 0.156 e. The first-order valence-electron chi connectivity index (χ1n) is 11.3. The third kappa shape index (κ3) is 3.85. The zero-order valence-corrected chi connectivity index (χ0v) is 19.0. The number of carbonyl (C=O) groups excluding carboxylic acids is 1. The number of furan rings is 1. The zero-order valence-electron chi connectivity index (χ0n) is 19.0. The maximum absolute atomic E-state index is 12.3. The number of rotatable bonds is 5. The SMILES string of the molecule is Cc1c(-c2cc(C(=O)[O-])c3c(O[C@H](C)C4CCOCC4)ccc(C)c3n2)oc2ccccc12. The van der Waals surface area contributed by atoms with Crippen LogP contribution in [0, 0.1) is 19.8 Å². The fraction of sp³-hybridized carbons (Fsp3) is 0.333. The number of benzene rings is 2. The number of carbonyl (C=O) groups is 1. The Morgan fingerprint density at radius 1 is 1.15 bits per heavy atom. The van der Waals surface area contributed by atoms with Crippen molar-refractivity contribution in [3.63, 3.8) is 0 Å². The number of pyridine rings is 1. The first-order chi connectivity index (χ1) is 15.9. The number of carboxylic acids is 1. The van der Waals surface area contributed by atoms with E-state index in [4.69, 9.17) is 18.9 Å². The average Bonchev–Trinajstić information content (AvgIpc) is 3.17. The topological polar surface area (TPSA) is 84.6 Å². The van der Waals surface area contributed by atoms with E-state index < -0.39 is 5.97 Å². The number of aryl methyl sites for hydroxylation is 2. The first kappa shape index (κ1) is 21.5. The van der Waals surface area contributed by atoms with Crippen molar-refractivity contribution in [1.82, 2.24) is 4.98 Å². The first-order valence-corrected chi connectivity index (χ1v) is 11.3. The quantitative estimate of drug-likeness (QED) is 0.439. The molecule has 1 aliphatic rings. The van der Waals surface area contributed by atoms with Crippen molar-refractivity contribution in [2.45, 2.75) is 39.7 Å². The molecular formula is C27H26NO5-. The molecule has 1 aliphatic heterocycles. The number of nitrogens with zero attached hydrogens (tertiary/aromatic N) is 1. The van der Waals surface area contributed by atoms with Crippen LogP contribution in [0.4, 0.5) is 0 Å². The van der Waals surface area contributed by atoms with Crippen molar-refractivity contribution in [2.24, 2.45) is 5.92 Å². The van der Waals surface area contributed by atoms with Gasteiger partial charge in [0.1, 0.15) is 17.0 Å². The maximum atomic E-state index is 12.3. The number of para-hydroxylation sites is 1. The number of carboxylic acid groups (broad SMARTS) is 1. The molecule has 1 saturated heterocycles. The fourth-order valence-electron chi connectivity index (χ4n) is 4.72. The molecule has 6 nitrogen and oxygen atoms in total. The van der Waals surface area contributed by atoms with Gasteiger partial charge in [-0.25, -0.2) is 4.98 Å². The molecule has 1 atom stereocenters. The molecule has 4 aromatic rings. The lowest BCUT2D eigenvalue weighted by Gasteiger charge is -2.29. The average molecular weight is 445 g/mol. The predicted molar refractivity (Wildman–Crippen MR) is 124 cm³/mol. The molecule has 2 aromatic heterocycles. The number of aromatic nitrogens is 1. The lowest BCUT2D eigenvalue weighted by atomic mass is 9.94. The Morgan fingerprint density at radius 2 is 1.91 bits per heavy atom. The van der Waals surface area contributed by atoms with Crippen molar-refractivity contribution < 1.29 is 23.8 Å². The Kier molecular flexibility index (Phi) is 5.54. The highest BCUT2D eigenvalue weighted by atomic mass is 16.5. The van der Waals surface area contributed by atoms with Gasteiger partial charge in [0.05, 0.1) is 23.0 Å². The summed E-state index contributed by atoms with van der Waals surface area (Å²) in [4.78, 5) is 17.1. The molecule has 33 heavy (non-hydrogen) atoms. The number of aromatic carboxylic acids is 1. The van der Waals surface area contributed by atoms with Gasteiger partial charge in [-0.2, -0.15) is 0 Å². The van der Waals surface area contributed by atoms with E-state index in [2.05, 4.69) is 0 Å². The molecule has 5 rings (SSSR count). The number of ether oxygens (including phenoxy) is 2. The van der Waals surface area contributed by atoms with Gasteiger partial charge in [0, 0.05) is 29.7 Å². The second kappa shape index (κ2) is 8.52. The monoisotopic (exact) mass is 444 g/mol. The summed E-state index contributed by atoms with van der Waals surface area (Å²) in [7, 11) is 0. The normalized spacial score (nSPS) is 15.7. The highest BCUT2D eigenvalue weighted by Gasteiger charge is 2.24. The van der Waals surface area contributed by atoms with Crippen molar-refractivity contribution in [3.05, 3.63) is 59.2 Å². The minimum Gasteiger partial charge on any atom is -0.545 e. The molecule has 0 radical (unpaired) electrons.